The van der Waals surface area contributed by atoms with Gasteiger partial charge in [-0.05, 0) is 46.7 Å². The number of carbonyl (C=O) groups is 1. The smallest absolute Gasteiger partial charge is 0.481 e. The van der Waals surface area contributed by atoms with Crippen molar-refractivity contribution in [2.75, 3.05) is 12.8 Å². The maximum absolute atomic E-state index is 13.7. The van der Waals surface area contributed by atoms with Crippen molar-refractivity contribution >= 4 is 14.0 Å². The summed E-state index contributed by atoms with van der Waals surface area (Å²) in [7, 11) is -2.27. The second kappa shape index (κ2) is 12.5. The van der Waals surface area contributed by atoms with E-state index in [1.807, 2.05) is 51.1 Å². The van der Waals surface area contributed by atoms with Gasteiger partial charge in [-0.15, -0.1) is 4.52 Å². The van der Waals surface area contributed by atoms with Gasteiger partial charge in [-0.1, -0.05) is 62.1 Å². The molecule has 36 heavy (non-hydrogen) atoms. The van der Waals surface area contributed by atoms with Crippen molar-refractivity contribution in [3.8, 4) is 34.2 Å². The van der Waals surface area contributed by atoms with Gasteiger partial charge in [-0.2, -0.15) is 0 Å². The van der Waals surface area contributed by atoms with E-state index in [2.05, 4.69) is 11.8 Å². The van der Waals surface area contributed by atoms with Crippen LogP contribution in [0.2, 0.25) is 0 Å². The quantitative estimate of drug-likeness (QED) is 0.275. The van der Waals surface area contributed by atoms with E-state index in [9.17, 15) is 18.9 Å². The number of pyridine rings is 1. The molecule has 0 fully saturated rings. The molecular formula is C28H28FNO5P+. The normalized spacial score (nSPS) is 12.1. The Morgan fingerprint density at radius 3 is 2.47 bits per heavy atom. The first-order valence-corrected chi connectivity index (χ1v) is 12.8. The van der Waals surface area contributed by atoms with Gasteiger partial charge in [0.2, 0.25) is 6.16 Å². The number of aliphatic carboxylic acids is 1. The maximum atomic E-state index is 13.7. The summed E-state index contributed by atoms with van der Waals surface area (Å²) in [5.41, 5.74) is 5.86. The molecular weight excluding hydrogens is 480 g/mol. The van der Waals surface area contributed by atoms with E-state index in [1.165, 1.54) is 12.1 Å². The average Bonchev–Trinajstić information content (AvgIpc) is 2.81. The Bertz CT molecular complexity index is 1310. The molecule has 2 N–H and O–H groups in total. The fourth-order valence-corrected chi connectivity index (χ4v) is 4.48. The molecule has 3 rings (SSSR count). The van der Waals surface area contributed by atoms with Crippen LogP contribution in [0, 0.1) is 24.6 Å². The minimum atomic E-state index is -2.27. The highest BCUT2D eigenvalue weighted by molar-refractivity contribution is 7.39. The number of aliphatic hydroxyl groups excluding tert-OH is 1. The Kier molecular flexibility index (Phi) is 9.44. The number of rotatable bonds is 9. The molecule has 1 aromatic heterocycles. The van der Waals surface area contributed by atoms with Gasteiger partial charge in [-0.3, -0.25) is 9.78 Å². The number of halogens is 1. The van der Waals surface area contributed by atoms with Crippen molar-refractivity contribution in [1.29, 1.82) is 0 Å². The third-order valence-corrected chi connectivity index (χ3v) is 6.57. The Labute approximate surface area is 211 Å². The van der Waals surface area contributed by atoms with E-state index in [0.717, 1.165) is 33.6 Å². The highest BCUT2D eigenvalue weighted by Crippen LogP contribution is 2.34. The number of aryl methyl sites for hydroxylation is 1. The molecule has 0 aliphatic carbocycles. The first-order chi connectivity index (χ1) is 17.2. The molecule has 2 aromatic carbocycles. The number of aromatic nitrogens is 1. The molecule has 186 valence electrons. The highest BCUT2D eigenvalue weighted by atomic mass is 31.1. The Hall–Kier alpha value is -3.43. The third kappa shape index (κ3) is 7.29. The molecule has 0 amide bonds. The van der Waals surface area contributed by atoms with Gasteiger partial charge in [0.1, 0.15) is 11.9 Å². The summed E-state index contributed by atoms with van der Waals surface area (Å²) >= 11 is 0. The predicted octanol–water partition coefficient (Wildman–Crippen LogP) is 5.93. The minimum absolute atomic E-state index is 0.0289. The lowest BCUT2D eigenvalue weighted by Gasteiger charge is -2.16. The molecule has 0 saturated carbocycles. The first kappa shape index (κ1) is 27.2. The van der Waals surface area contributed by atoms with Gasteiger partial charge in [0.05, 0.1) is 23.4 Å². The van der Waals surface area contributed by atoms with Crippen molar-refractivity contribution in [2.24, 2.45) is 0 Å². The van der Waals surface area contributed by atoms with Crippen molar-refractivity contribution in [3.05, 3.63) is 77.2 Å². The van der Waals surface area contributed by atoms with E-state index in [1.54, 1.807) is 12.1 Å². The predicted molar refractivity (Wildman–Crippen MR) is 137 cm³/mol. The Balaban J connectivity index is 1.99. The average molecular weight is 509 g/mol. The standard InChI is InChI=1S/C28H27FNO5P/c1-18(2)28-24(9-6-14-35-36(34)17-22(31)15-27(32)33)25(20-10-12-21(29)13-11-20)16-26(30-28)23-8-5-4-7-19(23)3/h4-5,7-8,10-13,16,18,22,31H,14-15,17H2,1-3H3/p+1/t22-/m0/s1. The third-order valence-electron chi connectivity index (χ3n) is 5.43. The molecule has 6 nitrogen and oxygen atoms in total. The molecule has 8 heteroatoms. The van der Waals surface area contributed by atoms with Crippen LogP contribution in [0.1, 0.15) is 43.0 Å². The first-order valence-electron chi connectivity index (χ1n) is 11.5. The van der Waals surface area contributed by atoms with Crippen LogP contribution in [-0.2, 0) is 13.9 Å². The number of carboxylic acid groups (broad SMARTS) is 1. The summed E-state index contributed by atoms with van der Waals surface area (Å²) in [6.07, 6.45) is -2.04. The molecule has 3 aromatic rings. The molecule has 0 radical (unpaired) electrons. The number of aliphatic hydroxyl groups is 1. The number of nitrogens with zero attached hydrogens (tertiary/aromatic N) is 1. The minimum Gasteiger partial charge on any atom is -0.481 e. The van der Waals surface area contributed by atoms with Crippen molar-refractivity contribution in [1.82, 2.24) is 4.98 Å². The van der Waals surface area contributed by atoms with Crippen LogP contribution >= 0.6 is 8.03 Å². The van der Waals surface area contributed by atoms with Gasteiger partial charge in [0, 0.05) is 11.1 Å². The lowest BCUT2D eigenvalue weighted by molar-refractivity contribution is -0.138. The highest BCUT2D eigenvalue weighted by Gasteiger charge is 2.25. The molecule has 0 aliphatic heterocycles. The van der Waals surface area contributed by atoms with E-state index >= 15 is 0 Å². The fourth-order valence-electron chi connectivity index (χ4n) is 3.69. The van der Waals surface area contributed by atoms with E-state index in [0.29, 0.717) is 5.56 Å². The number of benzene rings is 2. The second-order valence-electron chi connectivity index (χ2n) is 8.63. The maximum Gasteiger partial charge on any atom is 0.511 e. The fraction of sp³-hybridized carbons (Fsp3) is 0.286. The van der Waals surface area contributed by atoms with E-state index in [-0.39, 0.29) is 24.5 Å². The van der Waals surface area contributed by atoms with Gasteiger partial charge >= 0.3 is 14.0 Å². The second-order valence-corrected chi connectivity index (χ2v) is 9.92. The number of hydrogen-bond acceptors (Lipinski definition) is 5. The van der Waals surface area contributed by atoms with Crippen LogP contribution in [0.4, 0.5) is 4.39 Å². The van der Waals surface area contributed by atoms with Crippen LogP contribution in [0.3, 0.4) is 0 Å². The largest absolute Gasteiger partial charge is 0.511 e. The van der Waals surface area contributed by atoms with E-state index in [4.69, 9.17) is 14.6 Å². The lowest BCUT2D eigenvalue weighted by atomic mass is 9.92. The van der Waals surface area contributed by atoms with Crippen LogP contribution in [0.5, 0.6) is 0 Å². The van der Waals surface area contributed by atoms with Gasteiger partial charge in [-0.25, -0.2) is 4.39 Å². The summed E-state index contributed by atoms with van der Waals surface area (Å²) < 4.78 is 30.9. The summed E-state index contributed by atoms with van der Waals surface area (Å²) in [4.78, 5) is 15.6. The molecule has 0 bridgehead atoms. The van der Waals surface area contributed by atoms with Crippen LogP contribution in [0.15, 0.2) is 54.6 Å². The van der Waals surface area contributed by atoms with E-state index < -0.39 is 26.5 Å². The van der Waals surface area contributed by atoms with Crippen LogP contribution < -0.4 is 0 Å². The van der Waals surface area contributed by atoms with Crippen molar-refractivity contribution < 1.29 is 28.5 Å². The van der Waals surface area contributed by atoms with Crippen molar-refractivity contribution in [2.45, 2.75) is 39.2 Å². The molecule has 1 heterocycles. The van der Waals surface area contributed by atoms with Gasteiger partial charge in [0.25, 0.3) is 0 Å². The zero-order valence-corrected chi connectivity index (χ0v) is 21.3. The molecule has 0 aliphatic rings. The lowest BCUT2D eigenvalue weighted by Crippen LogP contribution is -2.15. The Morgan fingerprint density at radius 1 is 1.14 bits per heavy atom. The van der Waals surface area contributed by atoms with Gasteiger partial charge in [0.15, 0.2) is 6.61 Å². The monoisotopic (exact) mass is 508 g/mol. The summed E-state index contributed by atoms with van der Waals surface area (Å²) in [6.45, 7) is 5.87. The zero-order valence-electron chi connectivity index (χ0n) is 20.4. The number of carboxylic acids is 1. The zero-order chi connectivity index (χ0) is 26.2. The molecule has 2 atom stereocenters. The summed E-state index contributed by atoms with van der Waals surface area (Å²) in [5, 5.41) is 18.3. The molecule has 0 saturated heterocycles. The number of hydrogen-bond donors (Lipinski definition) is 2. The molecule has 1 unspecified atom stereocenters. The molecule has 0 spiro atoms. The Morgan fingerprint density at radius 2 is 1.83 bits per heavy atom. The van der Waals surface area contributed by atoms with Crippen LogP contribution in [0.25, 0.3) is 22.4 Å². The van der Waals surface area contributed by atoms with Crippen LogP contribution in [-0.4, -0.2) is 40.0 Å². The SMILES string of the molecule is Cc1ccccc1-c1cc(-c2ccc(F)cc2)c(C#CCO[P+](=O)C[C@@H](O)CC(=O)O)c(C(C)C)n1. The summed E-state index contributed by atoms with van der Waals surface area (Å²) in [6, 6.07) is 16.1. The van der Waals surface area contributed by atoms with Crippen molar-refractivity contribution in [3.63, 3.8) is 0 Å². The van der Waals surface area contributed by atoms with Gasteiger partial charge < -0.3 is 10.2 Å². The summed E-state index contributed by atoms with van der Waals surface area (Å²) in [5.74, 6) is 4.47. The topological polar surface area (TPSA) is 96.7 Å².